The van der Waals surface area contributed by atoms with Crippen LogP contribution in [0.2, 0.25) is 0 Å². The van der Waals surface area contributed by atoms with E-state index in [1.165, 1.54) is 35.6 Å². The van der Waals surface area contributed by atoms with E-state index in [1.807, 2.05) is 24.3 Å². The Kier molecular flexibility index (Phi) is 8.82. The van der Waals surface area contributed by atoms with Crippen molar-refractivity contribution in [1.29, 1.82) is 0 Å². The fraction of sp³-hybridized carbons (Fsp3) is 0.333. The number of hydrogen-bond donors (Lipinski definition) is 0. The number of hydrogen-bond acceptors (Lipinski definition) is 5. The normalized spacial score (nSPS) is 10.8. The SMILES string of the molecule is CCN(CC)CCN(C(=O)COc1ccc(F)cc1)c1nc2ccccc2s1.Cl. The van der Waals surface area contributed by atoms with Crippen molar-refractivity contribution in [2.75, 3.05) is 37.7 Å². The summed E-state index contributed by atoms with van der Waals surface area (Å²) in [5.41, 5.74) is 0.877. The summed E-state index contributed by atoms with van der Waals surface area (Å²) in [7, 11) is 0. The number of thiazole rings is 1. The highest BCUT2D eigenvalue weighted by Crippen LogP contribution is 2.28. The molecule has 0 bridgehead atoms. The summed E-state index contributed by atoms with van der Waals surface area (Å²) in [5.74, 6) is -0.0488. The second kappa shape index (κ2) is 11.1. The molecule has 0 unspecified atom stereocenters. The molecule has 0 aliphatic carbocycles. The molecule has 5 nitrogen and oxygen atoms in total. The number of carbonyl (C=O) groups is 1. The van der Waals surface area contributed by atoms with E-state index < -0.39 is 0 Å². The Balaban J connectivity index is 0.00000300. The number of amides is 1. The van der Waals surface area contributed by atoms with Crippen LogP contribution in [-0.2, 0) is 4.79 Å². The molecule has 0 saturated carbocycles. The van der Waals surface area contributed by atoms with Gasteiger partial charge in [-0.2, -0.15) is 0 Å². The number of anilines is 1. The van der Waals surface area contributed by atoms with Crippen LogP contribution >= 0.6 is 23.7 Å². The number of para-hydroxylation sites is 1. The molecule has 8 heteroatoms. The summed E-state index contributed by atoms with van der Waals surface area (Å²) in [6.45, 7) is 7.21. The largest absolute Gasteiger partial charge is 0.484 e. The quantitative estimate of drug-likeness (QED) is 0.490. The molecule has 3 aromatic rings. The van der Waals surface area contributed by atoms with Crippen LogP contribution in [0.3, 0.4) is 0 Å². The third-order valence-electron chi connectivity index (χ3n) is 4.52. The highest BCUT2D eigenvalue weighted by molar-refractivity contribution is 7.22. The van der Waals surface area contributed by atoms with Gasteiger partial charge in [0.05, 0.1) is 10.2 Å². The summed E-state index contributed by atoms with van der Waals surface area (Å²) in [6, 6.07) is 13.5. The number of benzene rings is 2. The first-order chi connectivity index (χ1) is 13.6. The van der Waals surface area contributed by atoms with E-state index in [-0.39, 0.29) is 30.7 Å². The Morgan fingerprint density at radius 3 is 2.41 bits per heavy atom. The molecule has 0 saturated heterocycles. The molecule has 0 N–H and O–H groups in total. The number of halogens is 2. The zero-order valence-corrected chi connectivity index (χ0v) is 18.1. The number of rotatable bonds is 9. The van der Waals surface area contributed by atoms with Gasteiger partial charge in [0.1, 0.15) is 11.6 Å². The molecule has 0 atom stereocenters. The summed E-state index contributed by atoms with van der Waals surface area (Å²) < 4.78 is 19.6. The van der Waals surface area contributed by atoms with Crippen LogP contribution in [0.1, 0.15) is 13.8 Å². The van der Waals surface area contributed by atoms with Gasteiger partial charge in [-0.1, -0.05) is 37.3 Å². The molecule has 0 spiro atoms. The number of fused-ring (bicyclic) bond motifs is 1. The summed E-state index contributed by atoms with van der Waals surface area (Å²) >= 11 is 1.49. The van der Waals surface area contributed by atoms with Crippen molar-refractivity contribution in [3.05, 3.63) is 54.3 Å². The lowest BCUT2D eigenvalue weighted by Crippen LogP contribution is -2.41. The first-order valence-electron chi connectivity index (χ1n) is 9.37. The van der Waals surface area contributed by atoms with Crippen LogP contribution in [0, 0.1) is 5.82 Å². The van der Waals surface area contributed by atoms with Crippen molar-refractivity contribution in [1.82, 2.24) is 9.88 Å². The molecule has 29 heavy (non-hydrogen) atoms. The molecule has 0 aliphatic rings. The van der Waals surface area contributed by atoms with E-state index in [1.54, 1.807) is 4.90 Å². The second-order valence-electron chi connectivity index (χ2n) is 6.28. The van der Waals surface area contributed by atoms with Gasteiger partial charge >= 0.3 is 0 Å². The van der Waals surface area contributed by atoms with Crippen LogP contribution in [0.5, 0.6) is 5.75 Å². The predicted octanol–water partition coefficient (Wildman–Crippen LogP) is 4.61. The third kappa shape index (κ3) is 6.13. The maximum Gasteiger partial charge on any atom is 0.266 e. The van der Waals surface area contributed by atoms with E-state index in [4.69, 9.17) is 4.74 Å². The molecule has 3 rings (SSSR count). The van der Waals surface area contributed by atoms with Crippen LogP contribution in [-0.4, -0.2) is 48.6 Å². The van der Waals surface area contributed by atoms with Gasteiger partial charge in [-0.15, -0.1) is 12.4 Å². The minimum absolute atomic E-state index is 0. The Morgan fingerprint density at radius 2 is 1.76 bits per heavy atom. The van der Waals surface area contributed by atoms with Crippen molar-refractivity contribution >= 4 is 45.0 Å². The number of likely N-dealkylation sites (N-methyl/N-ethyl adjacent to an activating group) is 1. The molecule has 0 aliphatic heterocycles. The minimum atomic E-state index is -0.339. The third-order valence-corrected chi connectivity index (χ3v) is 5.58. The lowest BCUT2D eigenvalue weighted by atomic mass is 10.3. The first kappa shape index (κ1) is 23.1. The number of nitrogens with zero attached hydrogens (tertiary/aromatic N) is 3. The monoisotopic (exact) mass is 437 g/mol. The van der Waals surface area contributed by atoms with Gasteiger partial charge in [-0.3, -0.25) is 9.69 Å². The lowest BCUT2D eigenvalue weighted by molar-refractivity contribution is -0.120. The van der Waals surface area contributed by atoms with Crippen LogP contribution in [0.15, 0.2) is 48.5 Å². The van der Waals surface area contributed by atoms with Gasteiger partial charge in [0, 0.05) is 13.1 Å². The van der Waals surface area contributed by atoms with E-state index >= 15 is 0 Å². The van der Waals surface area contributed by atoms with E-state index in [0.29, 0.717) is 17.4 Å². The van der Waals surface area contributed by atoms with Gasteiger partial charge in [-0.05, 0) is 49.5 Å². The first-order valence-corrected chi connectivity index (χ1v) is 10.2. The summed E-state index contributed by atoms with van der Waals surface area (Å²) in [6.07, 6.45) is 0. The summed E-state index contributed by atoms with van der Waals surface area (Å²) in [5, 5.41) is 0.668. The fourth-order valence-corrected chi connectivity index (χ4v) is 3.85. The van der Waals surface area contributed by atoms with Crippen molar-refractivity contribution in [3.8, 4) is 5.75 Å². The molecule has 1 heterocycles. The van der Waals surface area contributed by atoms with Crippen LogP contribution in [0.4, 0.5) is 9.52 Å². The Bertz CT molecular complexity index is 883. The Hall–Kier alpha value is -2.22. The average molecular weight is 438 g/mol. The van der Waals surface area contributed by atoms with Gasteiger partial charge in [0.15, 0.2) is 11.7 Å². The maximum absolute atomic E-state index is 13.0. The van der Waals surface area contributed by atoms with Gasteiger partial charge in [0.2, 0.25) is 0 Å². The maximum atomic E-state index is 13.0. The molecule has 0 fully saturated rings. The Labute approximate surface area is 180 Å². The van der Waals surface area contributed by atoms with E-state index in [9.17, 15) is 9.18 Å². The van der Waals surface area contributed by atoms with Crippen LogP contribution in [0.25, 0.3) is 10.2 Å². The number of aromatic nitrogens is 1. The average Bonchev–Trinajstić information content (AvgIpc) is 3.14. The molecule has 0 radical (unpaired) electrons. The molecule has 156 valence electrons. The molecule has 1 amide bonds. The molecule has 1 aromatic heterocycles. The topological polar surface area (TPSA) is 45.7 Å². The second-order valence-corrected chi connectivity index (χ2v) is 7.29. The molecular weight excluding hydrogens is 413 g/mol. The lowest BCUT2D eigenvalue weighted by Gasteiger charge is -2.24. The standard InChI is InChI=1S/C21H24FN3O2S.ClH/c1-3-24(4-2)13-14-25(21-23-18-7-5-6-8-19(18)28-21)20(26)15-27-17-11-9-16(22)10-12-17;/h5-12H,3-4,13-15H2,1-2H3;1H. The molecule has 2 aromatic carbocycles. The van der Waals surface area contributed by atoms with Crippen molar-refractivity contribution in [3.63, 3.8) is 0 Å². The predicted molar refractivity (Wildman–Crippen MR) is 119 cm³/mol. The zero-order valence-electron chi connectivity index (χ0n) is 16.5. The van der Waals surface area contributed by atoms with Gasteiger partial charge in [0.25, 0.3) is 5.91 Å². The highest BCUT2D eigenvalue weighted by atomic mass is 35.5. The zero-order chi connectivity index (χ0) is 19.9. The number of ether oxygens (including phenoxy) is 1. The van der Waals surface area contributed by atoms with Crippen molar-refractivity contribution in [2.24, 2.45) is 0 Å². The van der Waals surface area contributed by atoms with Crippen LogP contribution < -0.4 is 9.64 Å². The molecular formula is C21H25ClFN3O2S. The Morgan fingerprint density at radius 1 is 1.07 bits per heavy atom. The smallest absolute Gasteiger partial charge is 0.266 e. The highest BCUT2D eigenvalue weighted by Gasteiger charge is 2.21. The van der Waals surface area contributed by atoms with Crippen molar-refractivity contribution in [2.45, 2.75) is 13.8 Å². The summed E-state index contributed by atoms with van der Waals surface area (Å²) in [4.78, 5) is 21.5. The number of carbonyl (C=O) groups excluding carboxylic acids is 1. The minimum Gasteiger partial charge on any atom is -0.484 e. The fourth-order valence-electron chi connectivity index (χ4n) is 2.84. The van der Waals surface area contributed by atoms with E-state index in [0.717, 1.165) is 29.9 Å². The van der Waals surface area contributed by atoms with Crippen molar-refractivity contribution < 1.29 is 13.9 Å². The van der Waals surface area contributed by atoms with Gasteiger partial charge in [-0.25, -0.2) is 9.37 Å². The van der Waals surface area contributed by atoms with E-state index in [2.05, 4.69) is 23.7 Å². The van der Waals surface area contributed by atoms with Gasteiger partial charge < -0.3 is 9.64 Å².